The minimum absolute atomic E-state index is 0.126. The first-order chi connectivity index (χ1) is 12.8. The van der Waals surface area contributed by atoms with Crippen LogP contribution in [0.5, 0.6) is 5.75 Å². The summed E-state index contributed by atoms with van der Waals surface area (Å²) in [5.41, 5.74) is 0.180. The van der Waals surface area contributed by atoms with Crippen LogP contribution in [0.1, 0.15) is 29.8 Å². The summed E-state index contributed by atoms with van der Waals surface area (Å²) >= 11 is 9.66. The summed E-state index contributed by atoms with van der Waals surface area (Å²) in [6.45, 7) is 3.46. The molecule has 0 aliphatic carbocycles. The van der Waals surface area contributed by atoms with Gasteiger partial charge in [-0.2, -0.15) is 0 Å². The van der Waals surface area contributed by atoms with Crippen LogP contribution < -0.4 is 10.1 Å². The van der Waals surface area contributed by atoms with Gasteiger partial charge in [-0.1, -0.05) is 70.2 Å². The Balaban J connectivity index is 1.93. The molecule has 2 aromatic carbocycles. The number of rotatable bonds is 5. The summed E-state index contributed by atoms with van der Waals surface area (Å²) in [5, 5.41) is 2.59. The molecule has 4 nitrogen and oxygen atoms in total. The molecule has 0 bridgehead atoms. The van der Waals surface area contributed by atoms with Gasteiger partial charge in [0, 0.05) is 15.6 Å². The van der Waals surface area contributed by atoms with E-state index in [1.807, 2.05) is 30.3 Å². The number of thiocarbonyl (C=S) groups is 1. The molecule has 0 unspecified atom stereocenters. The van der Waals surface area contributed by atoms with E-state index in [2.05, 4.69) is 21.2 Å². The van der Waals surface area contributed by atoms with E-state index >= 15 is 0 Å². The van der Waals surface area contributed by atoms with Gasteiger partial charge in [0.2, 0.25) is 5.78 Å². The van der Waals surface area contributed by atoms with Gasteiger partial charge in [-0.3, -0.25) is 9.59 Å². The number of halogens is 1. The first-order valence-corrected chi connectivity index (χ1v) is 10.1. The van der Waals surface area contributed by atoms with Crippen LogP contribution in [0.2, 0.25) is 0 Å². The Bertz CT molecular complexity index is 955. The van der Waals surface area contributed by atoms with Crippen LogP contribution in [0.3, 0.4) is 0 Å². The molecule has 1 aliphatic rings. The number of carbonyl (C=O) groups excluding carboxylic acids is 2. The van der Waals surface area contributed by atoms with Crippen LogP contribution in [0.4, 0.5) is 0 Å². The van der Waals surface area contributed by atoms with E-state index < -0.39 is 5.60 Å². The molecule has 1 aliphatic heterocycles. The third-order valence-electron chi connectivity index (χ3n) is 3.85. The molecule has 138 valence electrons. The van der Waals surface area contributed by atoms with E-state index in [4.69, 9.17) is 17.0 Å². The summed E-state index contributed by atoms with van der Waals surface area (Å²) in [5.74, 6) is 0.139. The number of Topliss-reactive ketones (excluding diaryl/α,β-unsaturated/α-hetero) is 1. The Hall–Kier alpha value is -1.96. The quantitative estimate of drug-likeness (QED) is 0.386. The van der Waals surface area contributed by atoms with Crippen molar-refractivity contribution in [2.24, 2.45) is 0 Å². The van der Waals surface area contributed by atoms with Gasteiger partial charge in [0.15, 0.2) is 5.60 Å². The molecular weight excluding hydrogens is 446 g/mol. The predicted molar refractivity (Wildman–Crippen MR) is 116 cm³/mol. The Kier molecular flexibility index (Phi) is 5.83. The first kappa shape index (κ1) is 19.8. The third kappa shape index (κ3) is 4.66. The fraction of sp³-hybridized carbons (Fsp3) is 0.150. The lowest BCUT2D eigenvalue weighted by atomic mass is 9.96. The van der Waals surface area contributed by atoms with Gasteiger partial charge in [-0.15, -0.1) is 0 Å². The number of hydrogen-bond acceptors (Lipinski definition) is 5. The lowest BCUT2D eigenvalue weighted by molar-refractivity contribution is -0.115. The highest BCUT2D eigenvalue weighted by Crippen LogP contribution is 2.33. The number of carbonyl (C=O) groups is 2. The van der Waals surface area contributed by atoms with E-state index in [0.29, 0.717) is 26.1 Å². The van der Waals surface area contributed by atoms with E-state index in [9.17, 15) is 9.59 Å². The average Bonchev–Trinajstić information content (AvgIpc) is 2.94. The van der Waals surface area contributed by atoms with Crippen LogP contribution in [0, 0.1) is 0 Å². The number of amides is 1. The maximum atomic E-state index is 12.9. The van der Waals surface area contributed by atoms with Crippen molar-refractivity contribution >= 4 is 62.0 Å². The maximum absolute atomic E-state index is 12.9. The van der Waals surface area contributed by atoms with Gasteiger partial charge < -0.3 is 10.1 Å². The summed E-state index contributed by atoms with van der Waals surface area (Å²) < 4.78 is 7.34. The summed E-state index contributed by atoms with van der Waals surface area (Å²) in [7, 11) is 0. The summed E-state index contributed by atoms with van der Waals surface area (Å²) in [4.78, 5) is 25.3. The van der Waals surface area contributed by atoms with Gasteiger partial charge in [0.25, 0.3) is 5.91 Å². The molecule has 1 fully saturated rings. The monoisotopic (exact) mass is 461 g/mol. The van der Waals surface area contributed by atoms with Crippen molar-refractivity contribution < 1.29 is 14.3 Å². The molecule has 3 rings (SSSR count). The van der Waals surface area contributed by atoms with E-state index in [1.165, 1.54) is 11.8 Å². The molecular formula is C20H16BrNO3S2. The SMILES string of the molecule is CC(C)(Oc1ccc(Br)cc1/C=C1\SC(=S)NC1=O)C(=O)c1ccccc1. The fourth-order valence-corrected chi connectivity index (χ4v) is 3.96. The van der Waals surface area contributed by atoms with Crippen molar-refractivity contribution in [1.82, 2.24) is 5.32 Å². The van der Waals surface area contributed by atoms with Crippen molar-refractivity contribution in [2.75, 3.05) is 0 Å². The lowest BCUT2D eigenvalue weighted by Gasteiger charge is -2.26. The van der Waals surface area contributed by atoms with E-state index in [0.717, 1.165) is 4.47 Å². The molecule has 1 amide bonds. The van der Waals surface area contributed by atoms with Crippen molar-refractivity contribution in [3.63, 3.8) is 0 Å². The standard InChI is InChI=1S/C20H16BrNO3S2/c1-20(2,17(23)12-6-4-3-5-7-12)25-15-9-8-14(21)10-13(15)11-16-18(24)22-19(26)27-16/h3-11H,1-2H3,(H,22,24,26)/b16-11-. The summed E-state index contributed by atoms with van der Waals surface area (Å²) in [6, 6.07) is 14.4. The molecule has 0 radical (unpaired) electrons. The number of ketones is 1. The van der Waals surface area contributed by atoms with Crippen LogP contribution in [0.15, 0.2) is 57.9 Å². The molecule has 0 spiro atoms. The Labute approximate surface area is 175 Å². The lowest BCUT2D eigenvalue weighted by Crippen LogP contribution is -2.38. The molecule has 2 aromatic rings. The zero-order chi connectivity index (χ0) is 19.6. The second-order valence-electron chi connectivity index (χ2n) is 6.34. The number of benzene rings is 2. The zero-order valence-corrected chi connectivity index (χ0v) is 17.8. The van der Waals surface area contributed by atoms with Crippen LogP contribution in [-0.4, -0.2) is 21.6 Å². The largest absolute Gasteiger partial charge is 0.479 e. The molecule has 7 heteroatoms. The van der Waals surface area contributed by atoms with Gasteiger partial charge in [-0.05, 0) is 38.1 Å². The Morgan fingerprint density at radius 1 is 1.22 bits per heavy atom. The third-order valence-corrected chi connectivity index (χ3v) is 5.50. The normalized spacial score (nSPS) is 15.7. The smallest absolute Gasteiger partial charge is 0.263 e. The number of thioether (sulfide) groups is 1. The van der Waals surface area contributed by atoms with Crippen LogP contribution >= 0.6 is 39.9 Å². The van der Waals surface area contributed by atoms with E-state index in [1.54, 1.807) is 38.1 Å². The second-order valence-corrected chi connectivity index (χ2v) is 8.98. The minimum atomic E-state index is -1.08. The molecule has 27 heavy (non-hydrogen) atoms. The van der Waals surface area contributed by atoms with Gasteiger partial charge in [0.05, 0.1) is 4.91 Å². The highest BCUT2D eigenvalue weighted by atomic mass is 79.9. The zero-order valence-electron chi connectivity index (χ0n) is 14.6. The van der Waals surface area contributed by atoms with Crippen LogP contribution in [0.25, 0.3) is 6.08 Å². The Morgan fingerprint density at radius 2 is 1.93 bits per heavy atom. The summed E-state index contributed by atoms with van der Waals surface area (Å²) in [6.07, 6.45) is 1.71. The van der Waals surface area contributed by atoms with Crippen molar-refractivity contribution in [1.29, 1.82) is 0 Å². The minimum Gasteiger partial charge on any atom is -0.479 e. The molecule has 1 heterocycles. The van der Waals surface area contributed by atoms with Gasteiger partial charge >= 0.3 is 0 Å². The molecule has 0 saturated carbocycles. The molecule has 0 atom stereocenters. The Morgan fingerprint density at radius 3 is 2.56 bits per heavy atom. The highest BCUT2D eigenvalue weighted by Gasteiger charge is 2.32. The highest BCUT2D eigenvalue weighted by molar-refractivity contribution is 9.10. The van der Waals surface area contributed by atoms with Crippen molar-refractivity contribution in [3.8, 4) is 5.75 Å². The second kappa shape index (κ2) is 7.96. The molecule has 0 aromatic heterocycles. The van der Waals surface area contributed by atoms with Crippen molar-refractivity contribution in [3.05, 3.63) is 69.0 Å². The fourth-order valence-electron chi connectivity index (χ4n) is 2.55. The first-order valence-electron chi connectivity index (χ1n) is 8.09. The molecule has 1 N–H and O–H groups in total. The number of hydrogen-bond donors (Lipinski definition) is 1. The topological polar surface area (TPSA) is 55.4 Å². The van der Waals surface area contributed by atoms with Gasteiger partial charge in [-0.25, -0.2) is 0 Å². The average molecular weight is 462 g/mol. The van der Waals surface area contributed by atoms with Crippen molar-refractivity contribution in [2.45, 2.75) is 19.4 Å². The maximum Gasteiger partial charge on any atom is 0.263 e. The van der Waals surface area contributed by atoms with Gasteiger partial charge in [0.1, 0.15) is 10.1 Å². The predicted octanol–water partition coefficient (Wildman–Crippen LogP) is 4.98. The number of ether oxygens (including phenoxy) is 1. The van der Waals surface area contributed by atoms with E-state index in [-0.39, 0.29) is 11.7 Å². The number of nitrogens with one attached hydrogen (secondary N) is 1. The van der Waals surface area contributed by atoms with Crippen LogP contribution in [-0.2, 0) is 4.79 Å². The molecule has 1 saturated heterocycles.